The van der Waals surface area contributed by atoms with Gasteiger partial charge in [-0.3, -0.25) is 14.5 Å². The summed E-state index contributed by atoms with van der Waals surface area (Å²) in [5.74, 6) is -0.0546. The number of aromatic amines is 1. The quantitative estimate of drug-likeness (QED) is 0.556. The minimum absolute atomic E-state index is 0.208. The first-order valence-electron chi connectivity index (χ1n) is 9.38. The Morgan fingerprint density at radius 1 is 1.20 bits per heavy atom. The van der Waals surface area contributed by atoms with Crippen molar-refractivity contribution in [2.75, 3.05) is 6.54 Å². The van der Waals surface area contributed by atoms with Crippen molar-refractivity contribution in [3.05, 3.63) is 86.4 Å². The molecule has 0 amide bonds. The second-order valence-corrected chi connectivity index (χ2v) is 7.16. The van der Waals surface area contributed by atoms with Gasteiger partial charge in [-0.25, -0.2) is 19.3 Å². The number of rotatable bonds is 3. The smallest absolute Gasteiger partial charge is 0.255 e. The fourth-order valence-corrected chi connectivity index (χ4v) is 3.67. The highest BCUT2D eigenvalue weighted by Gasteiger charge is 2.23. The van der Waals surface area contributed by atoms with Crippen LogP contribution in [-0.4, -0.2) is 31.4 Å². The molecule has 1 aromatic carbocycles. The molecule has 0 atom stereocenters. The third kappa shape index (κ3) is 3.29. The maximum atomic E-state index is 13.5. The number of hydrogen-bond donors (Lipinski definition) is 1. The number of aromatic nitrogens is 4. The molecule has 0 spiro atoms. The normalized spacial score (nSPS) is 14.0. The molecule has 8 nitrogen and oxygen atoms in total. The summed E-state index contributed by atoms with van der Waals surface area (Å²) in [6.07, 6.45) is 6.56. The zero-order valence-corrected chi connectivity index (χ0v) is 15.8. The van der Waals surface area contributed by atoms with E-state index in [-0.39, 0.29) is 16.4 Å². The summed E-state index contributed by atoms with van der Waals surface area (Å²) in [5, 5.41) is 0.208. The Labute approximate surface area is 169 Å². The Bertz CT molecular complexity index is 1370. The Morgan fingerprint density at radius 3 is 2.87 bits per heavy atom. The second-order valence-electron chi connectivity index (χ2n) is 7.16. The lowest BCUT2D eigenvalue weighted by Crippen LogP contribution is -2.36. The Kier molecular flexibility index (Phi) is 4.44. The van der Waals surface area contributed by atoms with E-state index in [9.17, 15) is 14.0 Å². The molecule has 0 unspecified atom stereocenters. The van der Waals surface area contributed by atoms with Crippen molar-refractivity contribution < 1.29 is 8.81 Å². The molecular weight excluding hydrogens is 389 g/mol. The van der Waals surface area contributed by atoms with Crippen LogP contribution in [0.25, 0.3) is 22.4 Å². The lowest BCUT2D eigenvalue weighted by Gasteiger charge is -2.27. The van der Waals surface area contributed by atoms with Gasteiger partial charge in [-0.15, -0.1) is 0 Å². The van der Waals surface area contributed by atoms with Gasteiger partial charge >= 0.3 is 0 Å². The summed E-state index contributed by atoms with van der Waals surface area (Å²) >= 11 is 0. The van der Waals surface area contributed by atoms with Gasteiger partial charge in [-0.05, 0) is 18.2 Å². The summed E-state index contributed by atoms with van der Waals surface area (Å²) < 4.78 is 19.0. The van der Waals surface area contributed by atoms with Crippen molar-refractivity contribution >= 4 is 11.0 Å². The van der Waals surface area contributed by atoms with Gasteiger partial charge < -0.3 is 9.40 Å². The SMILES string of the molecule is O=c1[nH]c(-c2cncnc2)nc2c1CN(Cc1coc3ccc(F)cc3c1=O)CC2. The molecule has 0 bridgehead atoms. The van der Waals surface area contributed by atoms with Gasteiger partial charge in [0, 0.05) is 44.0 Å². The molecule has 9 heteroatoms. The molecular formula is C21H16FN5O3. The van der Waals surface area contributed by atoms with Crippen LogP contribution in [0.2, 0.25) is 0 Å². The zero-order valence-electron chi connectivity index (χ0n) is 15.8. The molecule has 150 valence electrons. The minimum Gasteiger partial charge on any atom is -0.464 e. The van der Waals surface area contributed by atoms with Gasteiger partial charge in [0.15, 0.2) is 5.43 Å². The molecule has 1 aliphatic rings. The molecule has 0 saturated carbocycles. The van der Waals surface area contributed by atoms with Crippen molar-refractivity contribution in [1.82, 2.24) is 24.8 Å². The maximum absolute atomic E-state index is 13.5. The highest BCUT2D eigenvalue weighted by molar-refractivity contribution is 5.76. The molecule has 4 aromatic rings. The Hall–Kier alpha value is -3.72. The van der Waals surface area contributed by atoms with E-state index in [1.807, 2.05) is 4.90 Å². The van der Waals surface area contributed by atoms with Crippen LogP contribution in [-0.2, 0) is 19.5 Å². The number of halogens is 1. The van der Waals surface area contributed by atoms with Gasteiger partial charge in [-0.2, -0.15) is 0 Å². The summed E-state index contributed by atoms with van der Waals surface area (Å²) in [6.45, 7) is 1.26. The van der Waals surface area contributed by atoms with Crippen LogP contribution in [0.5, 0.6) is 0 Å². The van der Waals surface area contributed by atoms with Crippen LogP contribution in [0, 0.1) is 5.82 Å². The number of H-pyrrole nitrogens is 1. The van der Waals surface area contributed by atoms with E-state index < -0.39 is 5.82 Å². The van der Waals surface area contributed by atoms with Gasteiger partial charge in [0.05, 0.1) is 28.5 Å². The van der Waals surface area contributed by atoms with E-state index >= 15 is 0 Å². The first-order valence-corrected chi connectivity index (χ1v) is 9.38. The van der Waals surface area contributed by atoms with Gasteiger partial charge in [-0.1, -0.05) is 0 Å². The topological polar surface area (TPSA) is 105 Å². The average Bonchev–Trinajstić information content (AvgIpc) is 2.77. The second kappa shape index (κ2) is 7.27. The minimum atomic E-state index is -0.490. The number of benzene rings is 1. The molecule has 1 N–H and O–H groups in total. The number of hydrogen-bond acceptors (Lipinski definition) is 7. The molecule has 3 aromatic heterocycles. The summed E-state index contributed by atoms with van der Waals surface area (Å²) in [4.78, 5) is 42.6. The van der Waals surface area contributed by atoms with Crippen molar-refractivity contribution in [3.8, 4) is 11.4 Å². The molecule has 0 saturated heterocycles. The predicted molar refractivity (Wildman–Crippen MR) is 106 cm³/mol. The van der Waals surface area contributed by atoms with Crippen LogP contribution in [0.3, 0.4) is 0 Å². The predicted octanol–water partition coefficient (Wildman–Crippen LogP) is 2.03. The van der Waals surface area contributed by atoms with E-state index in [0.717, 1.165) is 5.69 Å². The van der Waals surface area contributed by atoms with E-state index in [0.29, 0.717) is 54.2 Å². The number of nitrogens with one attached hydrogen (secondary N) is 1. The summed E-state index contributed by atoms with van der Waals surface area (Å²) in [7, 11) is 0. The highest BCUT2D eigenvalue weighted by atomic mass is 19.1. The van der Waals surface area contributed by atoms with Crippen LogP contribution in [0.1, 0.15) is 16.8 Å². The van der Waals surface area contributed by atoms with E-state index in [1.165, 1.54) is 30.8 Å². The van der Waals surface area contributed by atoms with E-state index in [4.69, 9.17) is 4.42 Å². The molecule has 1 aliphatic heterocycles. The monoisotopic (exact) mass is 405 g/mol. The maximum Gasteiger partial charge on any atom is 0.255 e. The molecule has 0 fully saturated rings. The standard InChI is InChI=1S/C21H16FN5O3/c22-14-1-2-18-15(5-14)19(28)13(10-30-18)8-27-4-3-17-16(9-27)21(29)26-20(25-17)12-6-23-11-24-7-12/h1-2,5-7,10-11H,3-4,8-9H2,(H,25,26,29). The Balaban J connectivity index is 1.43. The third-order valence-electron chi connectivity index (χ3n) is 5.18. The first kappa shape index (κ1) is 18.3. The molecule has 0 radical (unpaired) electrons. The van der Waals surface area contributed by atoms with Crippen molar-refractivity contribution in [2.45, 2.75) is 19.5 Å². The van der Waals surface area contributed by atoms with Crippen LogP contribution in [0.15, 0.2) is 57.2 Å². The van der Waals surface area contributed by atoms with Gasteiger partial charge in [0.1, 0.15) is 23.6 Å². The van der Waals surface area contributed by atoms with Crippen LogP contribution >= 0.6 is 0 Å². The largest absolute Gasteiger partial charge is 0.464 e. The van der Waals surface area contributed by atoms with E-state index in [1.54, 1.807) is 12.4 Å². The number of fused-ring (bicyclic) bond motifs is 2. The van der Waals surface area contributed by atoms with Crippen LogP contribution < -0.4 is 11.0 Å². The van der Waals surface area contributed by atoms with Gasteiger partial charge in [0.2, 0.25) is 0 Å². The Morgan fingerprint density at radius 2 is 2.03 bits per heavy atom. The molecule has 0 aliphatic carbocycles. The summed E-state index contributed by atoms with van der Waals surface area (Å²) in [6, 6.07) is 3.87. The van der Waals surface area contributed by atoms with Crippen molar-refractivity contribution in [1.29, 1.82) is 0 Å². The zero-order chi connectivity index (χ0) is 20.7. The lowest BCUT2D eigenvalue weighted by atomic mass is 10.1. The fraction of sp³-hybridized carbons (Fsp3) is 0.190. The van der Waals surface area contributed by atoms with Crippen LogP contribution in [0.4, 0.5) is 4.39 Å². The third-order valence-corrected chi connectivity index (χ3v) is 5.18. The molecule has 30 heavy (non-hydrogen) atoms. The average molecular weight is 405 g/mol. The lowest BCUT2D eigenvalue weighted by molar-refractivity contribution is 0.239. The summed E-state index contributed by atoms with van der Waals surface area (Å²) in [5.41, 5.74) is 2.19. The van der Waals surface area contributed by atoms with Gasteiger partial charge in [0.25, 0.3) is 5.56 Å². The fourth-order valence-electron chi connectivity index (χ4n) is 3.67. The van der Waals surface area contributed by atoms with E-state index in [2.05, 4.69) is 19.9 Å². The van der Waals surface area contributed by atoms with Crippen molar-refractivity contribution in [3.63, 3.8) is 0 Å². The number of nitrogens with zero attached hydrogens (tertiary/aromatic N) is 4. The molecule has 4 heterocycles. The van der Waals surface area contributed by atoms with Crippen molar-refractivity contribution in [2.24, 2.45) is 0 Å². The molecule has 5 rings (SSSR count). The first-order chi connectivity index (χ1) is 14.6. The highest BCUT2D eigenvalue weighted by Crippen LogP contribution is 2.20.